The number of hydrogen-bond acceptors (Lipinski definition) is 4. The summed E-state index contributed by atoms with van der Waals surface area (Å²) in [4.78, 5) is 23.7. The van der Waals surface area contributed by atoms with Crippen LogP contribution >= 0.6 is 0 Å². The van der Waals surface area contributed by atoms with Crippen LogP contribution < -0.4 is 20.3 Å². The summed E-state index contributed by atoms with van der Waals surface area (Å²) in [5.41, 5.74) is 6.42. The molecule has 2 N–H and O–H groups in total. The predicted molar refractivity (Wildman–Crippen MR) is 104 cm³/mol. The third-order valence-corrected chi connectivity index (χ3v) is 3.78. The van der Waals surface area contributed by atoms with Crippen LogP contribution in [0.25, 0.3) is 6.08 Å². The molecule has 0 aromatic heterocycles. The Bertz CT molecular complexity index is 815. The van der Waals surface area contributed by atoms with Crippen LogP contribution in [-0.4, -0.2) is 25.5 Å². The number of hydrogen-bond donors (Lipinski definition) is 2. The number of rotatable bonds is 7. The Morgan fingerprint density at radius 3 is 2.37 bits per heavy atom. The third-order valence-electron chi connectivity index (χ3n) is 3.78. The van der Waals surface area contributed by atoms with Gasteiger partial charge in [-0.25, -0.2) is 0 Å². The second-order valence-corrected chi connectivity index (χ2v) is 6.09. The van der Waals surface area contributed by atoms with Crippen molar-refractivity contribution in [3.63, 3.8) is 0 Å². The van der Waals surface area contributed by atoms with Crippen LogP contribution in [0.15, 0.2) is 54.6 Å². The number of para-hydroxylation sites is 2. The Kier molecular flexibility index (Phi) is 7.43. The molecule has 27 heavy (non-hydrogen) atoms. The van der Waals surface area contributed by atoms with E-state index in [1.165, 1.54) is 6.08 Å². The average Bonchev–Trinajstić information content (AvgIpc) is 2.69. The molecule has 0 fully saturated rings. The Morgan fingerprint density at radius 2 is 1.67 bits per heavy atom. The van der Waals surface area contributed by atoms with Crippen LogP contribution in [0, 0.1) is 0 Å². The van der Waals surface area contributed by atoms with Crippen molar-refractivity contribution in [2.75, 3.05) is 13.7 Å². The summed E-state index contributed by atoms with van der Waals surface area (Å²) in [7, 11) is 1.56. The van der Waals surface area contributed by atoms with Crippen LogP contribution in [0.4, 0.5) is 0 Å². The molecule has 6 nitrogen and oxygen atoms in total. The highest BCUT2D eigenvalue weighted by atomic mass is 16.5. The lowest BCUT2D eigenvalue weighted by Gasteiger charge is -2.13. The van der Waals surface area contributed by atoms with Gasteiger partial charge in [-0.3, -0.25) is 20.4 Å². The lowest BCUT2D eigenvalue weighted by atomic mass is 10.0. The average molecular weight is 368 g/mol. The molecular formula is C21H24N2O4. The fourth-order valence-corrected chi connectivity index (χ4v) is 2.41. The predicted octanol–water partition coefficient (Wildman–Crippen LogP) is 3.06. The first-order valence-electron chi connectivity index (χ1n) is 8.63. The standard InChI is InChI=1S/C21H24N2O4/c1-15(2)17-9-5-7-11-19(17)27-14-21(25)23-22-20(24)13-12-16-8-4-6-10-18(16)26-3/h4-13,15H,14H2,1-3H3,(H,22,24)(H,23,25). The molecule has 0 aliphatic heterocycles. The highest BCUT2D eigenvalue weighted by molar-refractivity contribution is 5.93. The molecule has 0 saturated heterocycles. The van der Waals surface area contributed by atoms with Crippen molar-refractivity contribution < 1.29 is 19.1 Å². The first kappa shape index (κ1) is 20.0. The number of ether oxygens (including phenoxy) is 2. The van der Waals surface area contributed by atoms with E-state index in [1.54, 1.807) is 19.3 Å². The summed E-state index contributed by atoms with van der Waals surface area (Å²) >= 11 is 0. The van der Waals surface area contributed by atoms with Gasteiger partial charge < -0.3 is 9.47 Å². The molecule has 0 aliphatic carbocycles. The highest BCUT2D eigenvalue weighted by Crippen LogP contribution is 2.25. The van der Waals surface area contributed by atoms with Gasteiger partial charge in [0, 0.05) is 11.6 Å². The molecule has 0 saturated carbocycles. The number of carbonyl (C=O) groups is 2. The molecule has 0 aliphatic rings. The molecule has 0 radical (unpaired) electrons. The zero-order valence-corrected chi connectivity index (χ0v) is 15.7. The summed E-state index contributed by atoms with van der Waals surface area (Å²) in [6.07, 6.45) is 2.92. The molecule has 6 heteroatoms. The lowest BCUT2D eigenvalue weighted by Crippen LogP contribution is -2.43. The topological polar surface area (TPSA) is 76.7 Å². The minimum Gasteiger partial charge on any atom is -0.496 e. The first-order valence-corrected chi connectivity index (χ1v) is 8.63. The van der Waals surface area contributed by atoms with E-state index in [0.29, 0.717) is 11.5 Å². The molecule has 0 atom stereocenters. The summed E-state index contributed by atoms with van der Waals surface area (Å²) in [6, 6.07) is 14.9. The van der Waals surface area contributed by atoms with Gasteiger partial charge in [-0.15, -0.1) is 0 Å². The fourth-order valence-electron chi connectivity index (χ4n) is 2.41. The van der Waals surface area contributed by atoms with Crippen molar-refractivity contribution in [1.82, 2.24) is 10.9 Å². The van der Waals surface area contributed by atoms with Crippen molar-refractivity contribution in [1.29, 1.82) is 0 Å². The van der Waals surface area contributed by atoms with Crippen LogP contribution in [0.1, 0.15) is 30.9 Å². The zero-order valence-electron chi connectivity index (χ0n) is 15.7. The Morgan fingerprint density at radius 1 is 1.00 bits per heavy atom. The molecule has 2 aromatic carbocycles. The summed E-state index contributed by atoms with van der Waals surface area (Å²) in [5, 5.41) is 0. The van der Waals surface area contributed by atoms with Gasteiger partial charge in [0.15, 0.2) is 6.61 Å². The maximum atomic E-state index is 11.9. The summed E-state index contributed by atoms with van der Waals surface area (Å²) in [6.45, 7) is 3.91. The van der Waals surface area contributed by atoms with Crippen molar-refractivity contribution in [3.05, 3.63) is 65.7 Å². The van der Waals surface area contributed by atoms with E-state index in [2.05, 4.69) is 24.7 Å². The number of methoxy groups -OCH3 is 1. The van der Waals surface area contributed by atoms with Crippen molar-refractivity contribution in [2.24, 2.45) is 0 Å². The third kappa shape index (κ3) is 6.18. The highest BCUT2D eigenvalue weighted by Gasteiger charge is 2.09. The van der Waals surface area contributed by atoms with Crippen molar-refractivity contribution in [2.45, 2.75) is 19.8 Å². The minimum absolute atomic E-state index is 0.194. The normalized spacial score (nSPS) is 10.7. The van der Waals surface area contributed by atoms with Crippen molar-refractivity contribution >= 4 is 17.9 Å². The van der Waals surface area contributed by atoms with E-state index in [4.69, 9.17) is 9.47 Å². The molecule has 2 amide bonds. The van der Waals surface area contributed by atoms with Crippen LogP contribution in [-0.2, 0) is 9.59 Å². The van der Waals surface area contributed by atoms with E-state index >= 15 is 0 Å². The van der Waals surface area contributed by atoms with E-state index in [0.717, 1.165) is 11.1 Å². The number of nitrogens with one attached hydrogen (secondary N) is 2. The minimum atomic E-state index is -0.461. The van der Waals surface area contributed by atoms with Gasteiger partial charge in [0.05, 0.1) is 7.11 Å². The summed E-state index contributed by atoms with van der Waals surface area (Å²) in [5.74, 6) is 0.682. The first-order chi connectivity index (χ1) is 13.0. The largest absolute Gasteiger partial charge is 0.496 e. The maximum Gasteiger partial charge on any atom is 0.276 e. The van der Waals surface area contributed by atoms with Gasteiger partial charge >= 0.3 is 0 Å². The van der Waals surface area contributed by atoms with Crippen LogP contribution in [0.3, 0.4) is 0 Å². The van der Waals surface area contributed by atoms with E-state index in [1.807, 2.05) is 42.5 Å². The Balaban J connectivity index is 1.82. The molecule has 0 spiro atoms. The molecule has 2 aromatic rings. The molecule has 0 bridgehead atoms. The SMILES string of the molecule is COc1ccccc1C=CC(=O)NNC(=O)COc1ccccc1C(C)C. The summed E-state index contributed by atoms with van der Waals surface area (Å²) < 4.78 is 10.8. The van der Waals surface area contributed by atoms with E-state index < -0.39 is 11.8 Å². The monoisotopic (exact) mass is 368 g/mol. The Hall–Kier alpha value is -3.28. The van der Waals surface area contributed by atoms with Crippen molar-refractivity contribution in [3.8, 4) is 11.5 Å². The number of hydrazine groups is 1. The quantitative estimate of drug-likeness (QED) is 0.582. The lowest BCUT2D eigenvalue weighted by molar-refractivity contribution is -0.128. The fraction of sp³-hybridized carbons (Fsp3) is 0.238. The number of carbonyl (C=O) groups excluding carboxylic acids is 2. The number of amides is 2. The van der Waals surface area contributed by atoms with Gasteiger partial charge in [0.2, 0.25) is 0 Å². The molecule has 2 rings (SSSR count). The van der Waals surface area contributed by atoms with Crippen LogP contribution in [0.5, 0.6) is 11.5 Å². The van der Waals surface area contributed by atoms with Gasteiger partial charge in [-0.2, -0.15) is 0 Å². The van der Waals surface area contributed by atoms with E-state index in [9.17, 15) is 9.59 Å². The molecular weight excluding hydrogens is 344 g/mol. The van der Waals surface area contributed by atoms with Gasteiger partial charge in [0.1, 0.15) is 11.5 Å². The molecule has 0 unspecified atom stereocenters. The maximum absolute atomic E-state index is 11.9. The van der Waals surface area contributed by atoms with Crippen LogP contribution in [0.2, 0.25) is 0 Å². The van der Waals surface area contributed by atoms with Gasteiger partial charge in [-0.05, 0) is 29.7 Å². The van der Waals surface area contributed by atoms with Gasteiger partial charge in [0.25, 0.3) is 11.8 Å². The Labute approximate surface area is 159 Å². The second kappa shape index (κ2) is 10.0. The van der Waals surface area contributed by atoms with E-state index in [-0.39, 0.29) is 12.5 Å². The van der Waals surface area contributed by atoms with Gasteiger partial charge in [-0.1, -0.05) is 50.2 Å². The number of benzene rings is 2. The molecule has 0 heterocycles. The smallest absolute Gasteiger partial charge is 0.276 e. The zero-order chi connectivity index (χ0) is 19.6. The molecule has 142 valence electrons. The second-order valence-electron chi connectivity index (χ2n) is 6.09.